The second-order valence-corrected chi connectivity index (χ2v) is 5.72. The molecule has 0 aliphatic carbocycles. The molecule has 1 amide bonds. The van der Waals surface area contributed by atoms with Crippen LogP contribution in [0, 0.1) is 0 Å². The molecule has 116 valence electrons. The predicted molar refractivity (Wildman–Crippen MR) is 85.2 cm³/mol. The van der Waals surface area contributed by atoms with Gasteiger partial charge in [-0.3, -0.25) is 9.48 Å². The number of hydrogen-bond acceptors (Lipinski definition) is 4. The topological polar surface area (TPSA) is 54.3 Å². The summed E-state index contributed by atoms with van der Waals surface area (Å²) in [5.41, 5.74) is 0.492. The van der Waals surface area contributed by atoms with E-state index in [9.17, 15) is 4.79 Å². The first-order chi connectivity index (χ1) is 10.6. The Bertz CT molecular complexity index is 671. The van der Waals surface area contributed by atoms with Crippen molar-refractivity contribution in [2.45, 2.75) is 6.42 Å². The fraction of sp³-hybridized carbons (Fsp3) is 0.400. The Hall–Kier alpha value is -2.08. The average Bonchev–Trinajstić information content (AvgIpc) is 2.81. The second-order valence-electron chi connectivity index (χ2n) is 5.32. The zero-order valence-electron chi connectivity index (χ0n) is 12.4. The van der Waals surface area contributed by atoms with Gasteiger partial charge in [0.1, 0.15) is 11.5 Å². The number of amides is 1. The van der Waals surface area contributed by atoms with E-state index in [1.807, 2.05) is 24.1 Å². The number of halogens is 1. The van der Waals surface area contributed by atoms with Crippen LogP contribution in [0.25, 0.3) is 0 Å². The molecule has 1 aliphatic heterocycles. The molecule has 0 N–H and O–H groups in total. The fourth-order valence-corrected chi connectivity index (χ4v) is 2.87. The number of carbonyl (C=O) groups is 1. The summed E-state index contributed by atoms with van der Waals surface area (Å²) in [6.45, 7) is 2.91. The Balaban J connectivity index is 1.70. The van der Waals surface area contributed by atoms with Gasteiger partial charge in [0, 0.05) is 45.6 Å². The van der Waals surface area contributed by atoms with Gasteiger partial charge in [-0.15, -0.1) is 0 Å². The molecule has 6 nitrogen and oxygen atoms in total. The maximum Gasteiger partial charge on any atom is 0.274 e. The van der Waals surface area contributed by atoms with Crippen LogP contribution < -0.4 is 4.90 Å². The number of rotatable bonds is 2. The summed E-state index contributed by atoms with van der Waals surface area (Å²) in [6.07, 6.45) is 4.40. The summed E-state index contributed by atoms with van der Waals surface area (Å²) >= 11 is 6.21. The number of aromatic nitrogens is 3. The number of aryl methyl sites for hydroxylation is 1. The van der Waals surface area contributed by atoms with Crippen LogP contribution in [0.5, 0.6) is 0 Å². The van der Waals surface area contributed by atoms with Gasteiger partial charge in [0.25, 0.3) is 5.91 Å². The van der Waals surface area contributed by atoms with Crippen molar-refractivity contribution in [1.29, 1.82) is 0 Å². The van der Waals surface area contributed by atoms with Gasteiger partial charge in [-0.25, -0.2) is 4.98 Å². The predicted octanol–water partition coefficient (Wildman–Crippen LogP) is 1.82. The molecule has 0 unspecified atom stereocenters. The molecule has 0 atom stereocenters. The molecule has 7 heteroatoms. The largest absolute Gasteiger partial charge is 0.354 e. The molecule has 1 aliphatic rings. The third-order valence-electron chi connectivity index (χ3n) is 3.75. The van der Waals surface area contributed by atoms with Gasteiger partial charge in [0.15, 0.2) is 0 Å². The number of anilines is 1. The lowest BCUT2D eigenvalue weighted by molar-refractivity contribution is 0.0760. The SMILES string of the molecule is Cn1ccc(C(=O)N2CCCN(c3ncccc3Cl)CC2)n1. The van der Waals surface area contributed by atoms with Crippen LogP contribution in [-0.4, -0.2) is 51.8 Å². The lowest BCUT2D eigenvalue weighted by Crippen LogP contribution is -2.35. The molecule has 1 saturated heterocycles. The Labute approximate surface area is 134 Å². The van der Waals surface area contributed by atoms with Crippen molar-refractivity contribution < 1.29 is 4.79 Å². The number of nitrogens with zero attached hydrogens (tertiary/aromatic N) is 5. The van der Waals surface area contributed by atoms with Crippen LogP contribution in [0.3, 0.4) is 0 Å². The average molecular weight is 320 g/mol. The standard InChI is InChI=1S/C15H18ClN5O/c1-19-9-5-13(18-19)15(22)21-8-3-7-20(10-11-21)14-12(16)4-2-6-17-14/h2,4-6,9H,3,7-8,10-11H2,1H3. The molecule has 3 rings (SSSR count). The van der Waals surface area contributed by atoms with Crippen LogP contribution >= 0.6 is 11.6 Å². The second kappa shape index (κ2) is 6.36. The van der Waals surface area contributed by atoms with Gasteiger partial charge in [-0.1, -0.05) is 11.6 Å². The number of pyridine rings is 1. The van der Waals surface area contributed by atoms with E-state index in [0.717, 1.165) is 31.9 Å². The lowest BCUT2D eigenvalue weighted by Gasteiger charge is -2.23. The third kappa shape index (κ3) is 3.06. The monoisotopic (exact) mass is 319 g/mol. The van der Waals surface area contributed by atoms with Crippen LogP contribution in [0.15, 0.2) is 30.6 Å². The first kappa shape index (κ1) is 14.8. The minimum atomic E-state index is -0.0189. The van der Waals surface area contributed by atoms with E-state index in [1.165, 1.54) is 0 Å². The van der Waals surface area contributed by atoms with E-state index < -0.39 is 0 Å². The van der Waals surface area contributed by atoms with Crippen LogP contribution in [-0.2, 0) is 7.05 Å². The maximum absolute atomic E-state index is 12.5. The highest BCUT2D eigenvalue weighted by Crippen LogP contribution is 2.23. The zero-order valence-corrected chi connectivity index (χ0v) is 13.2. The van der Waals surface area contributed by atoms with Crippen molar-refractivity contribution in [2.75, 3.05) is 31.1 Å². The minimum absolute atomic E-state index is 0.0189. The number of hydrogen-bond donors (Lipinski definition) is 0. The maximum atomic E-state index is 12.5. The molecule has 1 fully saturated rings. The van der Waals surface area contributed by atoms with Crippen molar-refractivity contribution in [2.24, 2.45) is 7.05 Å². The van der Waals surface area contributed by atoms with Crippen LogP contribution in [0.1, 0.15) is 16.9 Å². The molecular weight excluding hydrogens is 302 g/mol. The van der Waals surface area contributed by atoms with Crippen molar-refractivity contribution in [1.82, 2.24) is 19.7 Å². The summed E-state index contributed by atoms with van der Waals surface area (Å²) in [6, 6.07) is 5.41. The summed E-state index contributed by atoms with van der Waals surface area (Å²) in [5, 5.41) is 4.83. The molecule has 0 radical (unpaired) electrons. The molecule has 2 aromatic heterocycles. The highest BCUT2D eigenvalue weighted by atomic mass is 35.5. The van der Waals surface area contributed by atoms with Crippen molar-refractivity contribution in [3.05, 3.63) is 41.3 Å². The van der Waals surface area contributed by atoms with Gasteiger partial charge in [-0.05, 0) is 24.6 Å². The van der Waals surface area contributed by atoms with E-state index in [4.69, 9.17) is 11.6 Å². The normalized spacial score (nSPS) is 15.7. The van der Waals surface area contributed by atoms with Crippen molar-refractivity contribution >= 4 is 23.3 Å². The smallest absolute Gasteiger partial charge is 0.274 e. The molecule has 3 heterocycles. The van der Waals surface area contributed by atoms with Crippen LogP contribution in [0.4, 0.5) is 5.82 Å². The van der Waals surface area contributed by atoms with E-state index in [2.05, 4.69) is 15.0 Å². The Morgan fingerprint density at radius 1 is 1.23 bits per heavy atom. The summed E-state index contributed by atoms with van der Waals surface area (Å²) in [5.74, 6) is 0.769. The Kier molecular flexibility index (Phi) is 4.29. The van der Waals surface area contributed by atoms with Gasteiger partial charge in [0.05, 0.1) is 5.02 Å². The van der Waals surface area contributed by atoms with Gasteiger partial charge >= 0.3 is 0 Å². The summed E-state index contributed by atoms with van der Waals surface area (Å²) in [4.78, 5) is 20.8. The Morgan fingerprint density at radius 3 is 2.82 bits per heavy atom. The molecule has 22 heavy (non-hydrogen) atoms. The van der Waals surface area contributed by atoms with E-state index in [-0.39, 0.29) is 5.91 Å². The van der Waals surface area contributed by atoms with Crippen molar-refractivity contribution in [3.8, 4) is 0 Å². The number of carbonyl (C=O) groups excluding carboxylic acids is 1. The van der Waals surface area contributed by atoms with E-state index in [0.29, 0.717) is 17.3 Å². The summed E-state index contributed by atoms with van der Waals surface area (Å²) in [7, 11) is 1.81. The zero-order chi connectivity index (χ0) is 15.5. The van der Waals surface area contributed by atoms with Gasteiger partial charge in [0.2, 0.25) is 0 Å². The third-order valence-corrected chi connectivity index (χ3v) is 4.05. The molecule has 0 bridgehead atoms. The molecule has 2 aromatic rings. The highest BCUT2D eigenvalue weighted by molar-refractivity contribution is 6.32. The molecule has 0 aromatic carbocycles. The van der Waals surface area contributed by atoms with Crippen LogP contribution in [0.2, 0.25) is 5.02 Å². The van der Waals surface area contributed by atoms with E-state index in [1.54, 1.807) is 23.1 Å². The summed E-state index contributed by atoms with van der Waals surface area (Å²) < 4.78 is 1.64. The van der Waals surface area contributed by atoms with Gasteiger partial charge in [-0.2, -0.15) is 5.10 Å². The quantitative estimate of drug-likeness (QED) is 0.847. The van der Waals surface area contributed by atoms with Crippen molar-refractivity contribution in [3.63, 3.8) is 0 Å². The van der Waals surface area contributed by atoms with E-state index >= 15 is 0 Å². The molecule has 0 saturated carbocycles. The fourth-order valence-electron chi connectivity index (χ4n) is 2.63. The molecule has 0 spiro atoms. The highest BCUT2D eigenvalue weighted by Gasteiger charge is 2.23. The first-order valence-corrected chi connectivity index (χ1v) is 7.67. The minimum Gasteiger partial charge on any atom is -0.354 e. The first-order valence-electron chi connectivity index (χ1n) is 7.29. The Morgan fingerprint density at radius 2 is 2.09 bits per heavy atom. The lowest BCUT2D eigenvalue weighted by atomic mass is 10.3. The van der Waals surface area contributed by atoms with Gasteiger partial charge < -0.3 is 9.80 Å². The molecular formula is C15H18ClN5O.